The molecule has 1 heterocycles. The minimum Gasteiger partial charge on any atom is -0.298 e. The van der Waals surface area contributed by atoms with Crippen LogP contribution in [0.4, 0.5) is 0 Å². The molecule has 1 saturated heterocycles. The summed E-state index contributed by atoms with van der Waals surface area (Å²) < 4.78 is 27.1. The number of sulfonamides is 1. The van der Waals surface area contributed by atoms with Crippen LogP contribution in [-0.2, 0) is 16.6 Å². The Morgan fingerprint density at radius 3 is 2.32 bits per heavy atom. The van der Waals surface area contributed by atoms with E-state index in [0.717, 1.165) is 25.1 Å². The number of hydrogen-bond acceptors (Lipinski definition) is 4. The molecule has 2 aromatic rings. The molecule has 1 aliphatic heterocycles. The maximum absolute atomic E-state index is 12.8. The topological polar surface area (TPSA) is 64.4 Å². The van der Waals surface area contributed by atoms with Crippen molar-refractivity contribution in [3.05, 3.63) is 65.7 Å². The van der Waals surface area contributed by atoms with Gasteiger partial charge in [-0.2, -0.15) is 9.57 Å². The third kappa shape index (κ3) is 4.26. The second kappa shape index (κ2) is 7.79. The molecule has 5 nitrogen and oxygen atoms in total. The molecule has 0 N–H and O–H groups in total. The van der Waals surface area contributed by atoms with Gasteiger partial charge in [-0.3, -0.25) is 4.90 Å². The number of hydrogen-bond donors (Lipinski definition) is 0. The van der Waals surface area contributed by atoms with E-state index in [4.69, 9.17) is 5.26 Å². The molecule has 0 amide bonds. The molecule has 0 bridgehead atoms. The Hall–Kier alpha value is -2.20. The van der Waals surface area contributed by atoms with E-state index in [1.54, 1.807) is 28.6 Å². The molecule has 0 saturated carbocycles. The van der Waals surface area contributed by atoms with Crippen LogP contribution in [0.5, 0.6) is 0 Å². The van der Waals surface area contributed by atoms with Crippen molar-refractivity contribution >= 4 is 10.0 Å². The van der Waals surface area contributed by atoms with Gasteiger partial charge in [-0.25, -0.2) is 8.42 Å². The Morgan fingerprint density at radius 2 is 1.64 bits per heavy atom. The van der Waals surface area contributed by atoms with Gasteiger partial charge in [-0.1, -0.05) is 30.3 Å². The molecule has 0 unspecified atom stereocenters. The van der Waals surface area contributed by atoms with E-state index in [9.17, 15) is 8.42 Å². The molecule has 1 aliphatic rings. The summed E-state index contributed by atoms with van der Waals surface area (Å²) >= 11 is 0. The number of benzene rings is 2. The molecule has 0 radical (unpaired) electrons. The van der Waals surface area contributed by atoms with Crippen molar-refractivity contribution in [2.24, 2.45) is 0 Å². The zero-order valence-corrected chi connectivity index (χ0v) is 14.8. The van der Waals surface area contributed by atoms with E-state index in [0.29, 0.717) is 30.1 Å². The summed E-state index contributed by atoms with van der Waals surface area (Å²) in [6, 6.07) is 18.3. The number of rotatable bonds is 4. The van der Waals surface area contributed by atoms with Crippen LogP contribution in [0.1, 0.15) is 17.5 Å². The second-order valence-corrected chi connectivity index (χ2v) is 8.09. The van der Waals surface area contributed by atoms with Crippen molar-refractivity contribution in [3.63, 3.8) is 0 Å². The Kier molecular flexibility index (Phi) is 5.49. The first-order valence-electron chi connectivity index (χ1n) is 8.36. The van der Waals surface area contributed by atoms with E-state index in [1.807, 2.05) is 30.3 Å². The summed E-state index contributed by atoms with van der Waals surface area (Å²) in [7, 11) is -3.42. The molecule has 25 heavy (non-hydrogen) atoms. The fourth-order valence-corrected chi connectivity index (χ4v) is 4.52. The van der Waals surface area contributed by atoms with Gasteiger partial charge in [0.05, 0.1) is 16.5 Å². The van der Waals surface area contributed by atoms with Gasteiger partial charge in [0.1, 0.15) is 0 Å². The summed E-state index contributed by atoms with van der Waals surface area (Å²) in [5.74, 6) is 0. The normalized spacial score (nSPS) is 16.9. The maximum Gasteiger partial charge on any atom is 0.243 e. The van der Waals surface area contributed by atoms with Gasteiger partial charge in [0.2, 0.25) is 10.0 Å². The standard InChI is InChI=1S/C19H21N3O2S/c20-15-17-7-9-18(10-8-17)16-21-11-4-12-22(14-13-21)25(23,24)19-5-2-1-3-6-19/h1-3,5-10H,4,11-14,16H2. The second-order valence-electron chi connectivity index (χ2n) is 6.16. The Labute approximate surface area is 149 Å². The lowest BCUT2D eigenvalue weighted by Gasteiger charge is -2.22. The molecular weight excluding hydrogens is 334 g/mol. The molecule has 6 heteroatoms. The van der Waals surface area contributed by atoms with Gasteiger partial charge in [0.25, 0.3) is 0 Å². The van der Waals surface area contributed by atoms with E-state index < -0.39 is 10.0 Å². The first kappa shape index (κ1) is 17.6. The summed E-state index contributed by atoms with van der Waals surface area (Å²) in [6.45, 7) is 3.37. The van der Waals surface area contributed by atoms with Crippen LogP contribution in [-0.4, -0.2) is 43.8 Å². The molecule has 0 spiro atoms. The summed E-state index contributed by atoms with van der Waals surface area (Å²) in [5, 5.41) is 8.86. The third-order valence-corrected chi connectivity index (χ3v) is 6.33. The average molecular weight is 355 g/mol. The molecule has 1 fully saturated rings. The van der Waals surface area contributed by atoms with Crippen molar-refractivity contribution in [1.82, 2.24) is 9.21 Å². The third-order valence-electron chi connectivity index (χ3n) is 4.42. The summed E-state index contributed by atoms with van der Waals surface area (Å²) in [5.41, 5.74) is 1.79. The van der Waals surface area contributed by atoms with Gasteiger partial charge in [0.15, 0.2) is 0 Å². The molecule has 130 valence electrons. The molecule has 0 atom stereocenters. The van der Waals surface area contributed by atoms with Crippen molar-refractivity contribution in [2.75, 3.05) is 26.2 Å². The van der Waals surface area contributed by atoms with E-state index >= 15 is 0 Å². The number of nitriles is 1. The van der Waals surface area contributed by atoms with Crippen LogP contribution < -0.4 is 0 Å². The highest BCUT2D eigenvalue weighted by Gasteiger charge is 2.26. The monoisotopic (exact) mass is 355 g/mol. The van der Waals surface area contributed by atoms with Gasteiger partial charge in [-0.05, 0) is 42.8 Å². The highest BCUT2D eigenvalue weighted by atomic mass is 32.2. The predicted molar refractivity (Wildman–Crippen MR) is 96.3 cm³/mol. The van der Waals surface area contributed by atoms with Crippen LogP contribution in [0.25, 0.3) is 0 Å². The lowest BCUT2D eigenvalue weighted by molar-refractivity contribution is 0.278. The Bertz CT molecular complexity index is 842. The first-order valence-corrected chi connectivity index (χ1v) is 9.80. The van der Waals surface area contributed by atoms with E-state index in [-0.39, 0.29) is 0 Å². The van der Waals surface area contributed by atoms with Gasteiger partial charge >= 0.3 is 0 Å². The lowest BCUT2D eigenvalue weighted by Crippen LogP contribution is -2.35. The smallest absolute Gasteiger partial charge is 0.243 e. The minimum atomic E-state index is -3.42. The highest BCUT2D eigenvalue weighted by molar-refractivity contribution is 7.89. The van der Waals surface area contributed by atoms with Gasteiger partial charge in [0, 0.05) is 26.2 Å². The van der Waals surface area contributed by atoms with Crippen molar-refractivity contribution in [1.29, 1.82) is 5.26 Å². The van der Waals surface area contributed by atoms with Gasteiger partial charge in [-0.15, -0.1) is 0 Å². The van der Waals surface area contributed by atoms with Crippen molar-refractivity contribution in [3.8, 4) is 6.07 Å². The van der Waals surface area contributed by atoms with Crippen LogP contribution in [0.3, 0.4) is 0 Å². The maximum atomic E-state index is 12.8. The highest BCUT2D eigenvalue weighted by Crippen LogP contribution is 2.18. The molecule has 0 aromatic heterocycles. The molecular formula is C19H21N3O2S. The molecule has 3 rings (SSSR count). The lowest BCUT2D eigenvalue weighted by atomic mass is 10.1. The molecule has 2 aromatic carbocycles. The Morgan fingerprint density at radius 1 is 0.920 bits per heavy atom. The average Bonchev–Trinajstić information content (AvgIpc) is 2.89. The van der Waals surface area contributed by atoms with Crippen molar-refractivity contribution in [2.45, 2.75) is 17.9 Å². The van der Waals surface area contributed by atoms with Crippen LogP contribution in [0, 0.1) is 11.3 Å². The summed E-state index contributed by atoms with van der Waals surface area (Å²) in [4.78, 5) is 2.62. The van der Waals surface area contributed by atoms with Crippen molar-refractivity contribution < 1.29 is 8.42 Å². The van der Waals surface area contributed by atoms with E-state index in [2.05, 4.69) is 11.0 Å². The fourth-order valence-electron chi connectivity index (χ4n) is 3.03. The van der Waals surface area contributed by atoms with E-state index in [1.165, 1.54) is 0 Å². The predicted octanol–water partition coefficient (Wildman–Crippen LogP) is 2.45. The summed E-state index contributed by atoms with van der Waals surface area (Å²) in [6.07, 6.45) is 0.808. The molecule has 0 aliphatic carbocycles. The quantitative estimate of drug-likeness (QED) is 0.845. The zero-order valence-electron chi connectivity index (χ0n) is 14.0. The van der Waals surface area contributed by atoms with Crippen LogP contribution >= 0.6 is 0 Å². The zero-order chi connectivity index (χ0) is 17.7. The Balaban J connectivity index is 1.65. The van der Waals surface area contributed by atoms with Crippen LogP contribution in [0.15, 0.2) is 59.5 Å². The van der Waals surface area contributed by atoms with Crippen LogP contribution in [0.2, 0.25) is 0 Å². The largest absolute Gasteiger partial charge is 0.298 e. The minimum absolute atomic E-state index is 0.357. The first-order chi connectivity index (χ1) is 12.1. The SMILES string of the molecule is N#Cc1ccc(CN2CCCN(S(=O)(=O)c3ccccc3)CC2)cc1. The fraction of sp³-hybridized carbons (Fsp3) is 0.316. The number of nitrogens with zero attached hydrogens (tertiary/aromatic N) is 3. The van der Waals surface area contributed by atoms with Gasteiger partial charge < -0.3 is 0 Å².